The molecule has 0 unspecified atom stereocenters. The Bertz CT molecular complexity index is 976. The summed E-state index contributed by atoms with van der Waals surface area (Å²) in [6, 6.07) is 0.499. The predicted octanol–water partition coefficient (Wildman–Crippen LogP) is 6.02. The first kappa shape index (κ1) is 18.1. The van der Waals surface area contributed by atoms with Crippen LogP contribution in [0.2, 0.25) is 10.0 Å². The van der Waals surface area contributed by atoms with E-state index in [4.69, 9.17) is 32.7 Å². The third-order valence-corrected chi connectivity index (χ3v) is 6.60. The number of hydrogen-bond donors (Lipinski definition) is 1. The molecule has 5 nitrogen and oxygen atoms in total. The van der Waals surface area contributed by atoms with Gasteiger partial charge in [0.15, 0.2) is 11.5 Å². The van der Waals surface area contributed by atoms with Crippen LogP contribution in [0.3, 0.4) is 0 Å². The lowest BCUT2D eigenvalue weighted by Crippen LogP contribution is -2.03. The van der Waals surface area contributed by atoms with Crippen LogP contribution in [0.1, 0.15) is 12.8 Å². The molecular weight excluding hydrogens is 461 g/mol. The monoisotopic (exact) mass is 473 g/mol. The molecule has 0 spiro atoms. The zero-order chi connectivity index (χ0) is 18.4. The molecule has 1 saturated carbocycles. The van der Waals surface area contributed by atoms with E-state index in [2.05, 4.69) is 31.2 Å². The maximum atomic E-state index is 6.62. The van der Waals surface area contributed by atoms with Crippen molar-refractivity contribution in [1.29, 1.82) is 0 Å². The van der Waals surface area contributed by atoms with Gasteiger partial charge in [0.1, 0.15) is 16.6 Å². The highest BCUT2D eigenvalue weighted by atomic mass is 79.9. The Labute approximate surface area is 172 Å². The summed E-state index contributed by atoms with van der Waals surface area (Å²) in [4.78, 5) is 8.86. The van der Waals surface area contributed by atoms with Gasteiger partial charge in [-0.1, -0.05) is 23.2 Å². The number of methoxy groups -OCH3 is 2. The molecule has 1 fully saturated rings. The molecule has 136 valence electrons. The van der Waals surface area contributed by atoms with Crippen LogP contribution >= 0.6 is 50.5 Å². The molecule has 0 bridgehead atoms. The number of anilines is 1. The lowest BCUT2D eigenvalue weighted by Gasteiger charge is -2.16. The van der Waals surface area contributed by atoms with Gasteiger partial charge in [0, 0.05) is 22.5 Å². The van der Waals surface area contributed by atoms with E-state index in [0.717, 1.165) is 21.6 Å². The van der Waals surface area contributed by atoms with Crippen molar-refractivity contribution < 1.29 is 9.47 Å². The molecule has 2 heterocycles. The highest BCUT2D eigenvalue weighted by Crippen LogP contribution is 2.53. The molecule has 9 heteroatoms. The maximum absolute atomic E-state index is 6.62. The summed E-state index contributed by atoms with van der Waals surface area (Å²) in [6.07, 6.45) is 3.89. The van der Waals surface area contributed by atoms with Crippen molar-refractivity contribution in [2.24, 2.45) is 0 Å². The predicted molar refractivity (Wildman–Crippen MR) is 110 cm³/mol. The van der Waals surface area contributed by atoms with Crippen LogP contribution < -0.4 is 14.8 Å². The first-order chi connectivity index (χ1) is 12.6. The van der Waals surface area contributed by atoms with Crippen molar-refractivity contribution in [3.8, 4) is 22.6 Å². The average molecular weight is 475 g/mol. The fourth-order valence-corrected chi connectivity index (χ4v) is 5.46. The Morgan fingerprint density at radius 2 is 1.81 bits per heavy atom. The standard InChI is InChI=1S/C17H14BrCl2N3O2S/c1-24-14-10(18)15(25-2)12(20)9(11(14)19)8-5-26-16-13(8)21-6-22-17(16)23-7-3-4-7/h5-7H,3-4H2,1-2H3,(H,21,22,23). The third kappa shape index (κ3) is 2.91. The molecule has 0 atom stereocenters. The van der Waals surface area contributed by atoms with Gasteiger partial charge in [-0.25, -0.2) is 9.97 Å². The van der Waals surface area contributed by atoms with Crippen LogP contribution in [-0.2, 0) is 0 Å². The van der Waals surface area contributed by atoms with Crippen molar-refractivity contribution in [2.75, 3.05) is 19.5 Å². The Hall–Kier alpha value is -1.28. The molecule has 0 amide bonds. The number of hydrogen-bond acceptors (Lipinski definition) is 6. The molecule has 3 aromatic rings. The van der Waals surface area contributed by atoms with Crippen LogP contribution in [0.4, 0.5) is 5.82 Å². The Morgan fingerprint density at radius 3 is 2.38 bits per heavy atom. The minimum Gasteiger partial charge on any atom is -0.494 e. The fourth-order valence-electron chi connectivity index (χ4n) is 2.77. The summed E-state index contributed by atoms with van der Waals surface area (Å²) in [5, 5.41) is 6.23. The van der Waals surface area contributed by atoms with E-state index in [0.29, 0.717) is 37.6 Å². The summed E-state index contributed by atoms with van der Waals surface area (Å²) in [5.74, 6) is 1.78. The Kier molecular flexibility index (Phi) is 4.90. The van der Waals surface area contributed by atoms with Crippen molar-refractivity contribution in [1.82, 2.24) is 9.97 Å². The molecule has 1 aliphatic rings. The largest absolute Gasteiger partial charge is 0.494 e. The van der Waals surface area contributed by atoms with E-state index in [1.165, 1.54) is 12.8 Å². The number of rotatable bonds is 5. The summed E-state index contributed by atoms with van der Waals surface area (Å²) >= 11 is 18.2. The van der Waals surface area contributed by atoms with Crippen LogP contribution in [0, 0.1) is 0 Å². The molecular formula is C17H14BrCl2N3O2S. The van der Waals surface area contributed by atoms with E-state index in [1.54, 1.807) is 31.9 Å². The van der Waals surface area contributed by atoms with Crippen LogP contribution in [0.15, 0.2) is 16.2 Å². The molecule has 4 rings (SSSR count). The van der Waals surface area contributed by atoms with Crippen molar-refractivity contribution in [3.05, 3.63) is 26.2 Å². The Balaban J connectivity index is 1.96. The van der Waals surface area contributed by atoms with E-state index < -0.39 is 0 Å². The second kappa shape index (κ2) is 7.03. The first-order valence-corrected chi connectivity index (χ1v) is 10.3. The van der Waals surface area contributed by atoms with Gasteiger partial charge in [-0.05, 0) is 28.8 Å². The summed E-state index contributed by atoms with van der Waals surface area (Å²) in [5.41, 5.74) is 2.25. The van der Waals surface area contributed by atoms with E-state index in [1.807, 2.05) is 5.38 Å². The van der Waals surface area contributed by atoms with Gasteiger partial charge in [-0.15, -0.1) is 11.3 Å². The molecule has 1 aliphatic carbocycles. The first-order valence-electron chi connectivity index (χ1n) is 7.84. The highest BCUT2D eigenvalue weighted by molar-refractivity contribution is 9.10. The number of fused-ring (bicyclic) bond motifs is 1. The molecule has 0 aliphatic heterocycles. The fraction of sp³-hybridized carbons (Fsp3) is 0.294. The maximum Gasteiger partial charge on any atom is 0.156 e. The van der Waals surface area contributed by atoms with Crippen molar-refractivity contribution >= 4 is 66.5 Å². The number of nitrogens with one attached hydrogen (secondary N) is 1. The summed E-state index contributed by atoms with van der Waals surface area (Å²) < 4.78 is 12.4. The minimum absolute atomic E-state index is 0.403. The zero-order valence-electron chi connectivity index (χ0n) is 13.9. The van der Waals surface area contributed by atoms with Crippen LogP contribution in [-0.4, -0.2) is 30.2 Å². The molecule has 0 radical (unpaired) electrons. The van der Waals surface area contributed by atoms with Gasteiger partial charge in [-0.2, -0.15) is 0 Å². The smallest absolute Gasteiger partial charge is 0.156 e. The van der Waals surface area contributed by atoms with Gasteiger partial charge in [0.05, 0.1) is 34.5 Å². The number of thiophene rings is 1. The normalized spacial score (nSPS) is 13.9. The lowest BCUT2D eigenvalue weighted by molar-refractivity contribution is 0.390. The minimum atomic E-state index is 0.403. The second-order valence-corrected chi connectivity index (χ2v) is 8.28. The molecule has 1 N–H and O–H groups in total. The van der Waals surface area contributed by atoms with E-state index >= 15 is 0 Å². The quantitative estimate of drug-likeness (QED) is 0.490. The second-order valence-electron chi connectivity index (χ2n) is 5.85. The average Bonchev–Trinajstić information content (AvgIpc) is 3.34. The molecule has 1 aromatic carbocycles. The highest BCUT2D eigenvalue weighted by Gasteiger charge is 2.27. The summed E-state index contributed by atoms with van der Waals surface area (Å²) in [6.45, 7) is 0. The van der Waals surface area contributed by atoms with Gasteiger partial charge >= 0.3 is 0 Å². The van der Waals surface area contributed by atoms with E-state index in [9.17, 15) is 0 Å². The number of nitrogens with zero attached hydrogens (tertiary/aromatic N) is 2. The molecule has 2 aromatic heterocycles. The Morgan fingerprint density at radius 1 is 1.15 bits per heavy atom. The lowest BCUT2D eigenvalue weighted by atomic mass is 10.1. The number of aromatic nitrogens is 2. The topological polar surface area (TPSA) is 56.3 Å². The van der Waals surface area contributed by atoms with Gasteiger partial charge in [0.2, 0.25) is 0 Å². The third-order valence-electron chi connectivity index (χ3n) is 4.19. The van der Waals surface area contributed by atoms with Crippen molar-refractivity contribution in [3.63, 3.8) is 0 Å². The van der Waals surface area contributed by atoms with Crippen molar-refractivity contribution in [2.45, 2.75) is 18.9 Å². The SMILES string of the molecule is COc1c(Cl)c(-c2csc3c(NC4CC4)ncnc23)c(Cl)c(OC)c1Br. The molecule has 26 heavy (non-hydrogen) atoms. The van der Waals surface area contributed by atoms with Gasteiger partial charge < -0.3 is 14.8 Å². The summed E-state index contributed by atoms with van der Waals surface area (Å²) in [7, 11) is 3.10. The zero-order valence-corrected chi connectivity index (χ0v) is 17.8. The number of halogens is 3. The van der Waals surface area contributed by atoms with Gasteiger partial charge in [0.25, 0.3) is 0 Å². The number of ether oxygens (including phenoxy) is 2. The van der Waals surface area contributed by atoms with Gasteiger partial charge in [-0.3, -0.25) is 0 Å². The van der Waals surface area contributed by atoms with Crippen LogP contribution in [0.25, 0.3) is 21.3 Å². The number of benzene rings is 1. The van der Waals surface area contributed by atoms with E-state index in [-0.39, 0.29) is 0 Å². The molecule has 0 saturated heterocycles. The van der Waals surface area contributed by atoms with Crippen LogP contribution in [0.5, 0.6) is 11.5 Å².